The van der Waals surface area contributed by atoms with Crippen molar-refractivity contribution in [1.29, 1.82) is 5.26 Å². The lowest BCUT2D eigenvalue weighted by Crippen LogP contribution is -2.15. The molecular formula is C20H20N2O4. The van der Waals surface area contributed by atoms with E-state index < -0.39 is 12.6 Å². The van der Waals surface area contributed by atoms with Gasteiger partial charge < -0.3 is 14.0 Å². The molecule has 1 aromatic carbocycles. The molecule has 0 amide bonds. The Balaban J connectivity index is 2.06. The summed E-state index contributed by atoms with van der Waals surface area (Å²) in [6, 6.07) is 10.4. The van der Waals surface area contributed by atoms with Gasteiger partial charge in [0.25, 0.3) is 0 Å². The molecule has 0 aliphatic carbocycles. The Morgan fingerprint density at radius 3 is 2.38 bits per heavy atom. The molecule has 0 spiro atoms. The van der Waals surface area contributed by atoms with Crippen molar-refractivity contribution in [1.82, 2.24) is 4.57 Å². The van der Waals surface area contributed by atoms with Crippen LogP contribution in [0.4, 0.5) is 0 Å². The van der Waals surface area contributed by atoms with Gasteiger partial charge in [-0.05, 0) is 43.7 Å². The first-order valence-corrected chi connectivity index (χ1v) is 7.96. The van der Waals surface area contributed by atoms with Crippen LogP contribution in [-0.2, 0) is 16.6 Å². The molecule has 1 heterocycles. The number of ether oxygens (including phenoxy) is 2. The van der Waals surface area contributed by atoms with Crippen LogP contribution in [0.3, 0.4) is 0 Å². The summed E-state index contributed by atoms with van der Waals surface area (Å²) >= 11 is 0. The molecule has 0 bridgehead atoms. The molecule has 6 heteroatoms. The predicted octanol–water partition coefficient (Wildman–Crippen LogP) is 2.98. The number of nitriles is 1. The molecule has 0 radical (unpaired) electrons. The first kappa shape index (κ1) is 19.0. The number of hydrogen-bond donors (Lipinski definition) is 0. The summed E-state index contributed by atoms with van der Waals surface area (Å²) in [7, 11) is 3.41. The van der Waals surface area contributed by atoms with Crippen molar-refractivity contribution in [2.45, 2.75) is 13.8 Å². The van der Waals surface area contributed by atoms with Crippen LogP contribution in [0.15, 0.2) is 35.9 Å². The molecule has 0 fully saturated rings. The molecule has 2 rings (SSSR count). The van der Waals surface area contributed by atoms with Crippen molar-refractivity contribution in [2.24, 2.45) is 7.05 Å². The van der Waals surface area contributed by atoms with Crippen LogP contribution in [-0.4, -0.2) is 30.0 Å². The number of aryl methyl sites for hydroxylation is 1. The highest BCUT2D eigenvalue weighted by Gasteiger charge is 2.17. The Morgan fingerprint density at radius 2 is 1.88 bits per heavy atom. The van der Waals surface area contributed by atoms with Crippen LogP contribution in [0.5, 0.6) is 5.75 Å². The highest BCUT2D eigenvalue weighted by atomic mass is 16.5. The number of methoxy groups -OCH3 is 1. The van der Waals surface area contributed by atoms with Gasteiger partial charge in [0.15, 0.2) is 6.61 Å². The number of hydrogen-bond acceptors (Lipinski definition) is 5. The number of carbonyl (C=O) groups excluding carboxylic acids is 2. The van der Waals surface area contributed by atoms with Gasteiger partial charge in [0.2, 0.25) is 5.78 Å². The fraction of sp³-hybridized carbons (Fsp3) is 0.250. The predicted molar refractivity (Wildman–Crippen MR) is 96.8 cm³/mol. The van der Waals surface area contributed by atoms with E-state index in [0.29, 0.717) is 16.9 Å². The average molecular weight is 352 g/mol. The Labute approximate surface area is 152 Å². The third-order valence-electron chi connectivity index (χ3n) is 4.18. The topological polar surface area (TPSA) is 81.3 Å². The van der Waals surface area contributed by atoms with Gasteiger partial charge >= 0.3 is 5.97 Å². The Morgan fingerprint density at radius 1 is 1.23 bits per heavy atom. The number of aromatic nitrogens is 1. The Kier molecular flexibility index (Phi) is 5.97. The van der Waals surface area contributed by atoms with E-state index in [1.54, 1.807) is 43.5 Å². The second-order valence-electron chi connectivity index (χ2n) is 5.79. The van der Waals surface area contributed by atoms with E-state index in [9.17, 15) is 14.9 Å². The zero-order valence-corrected chi connectivity index (χ0v) is 15.2. The minimum atomic E-state index is -0.832. The van der Waals surface area contributed by atoms with E-state index in [1.807, 2.05) is 25.5 Å². The third kappa shape index (κ3) is 4.19. The molecular weight excluding hydrogens is 332 g/mol. The number of Topliss-reactive ketones (excluding diaryl/α,β-unsaturated/α-hetero) is 1. The summed E-state index contributed by atoms with van der Waals surface area (Å²) in [6.07, 6.45) is 1.41. The van der Waals surface area contributed by atoms with Gasteiger partial charge in [-0.3, -0.25) is 4.79 Å². The smallest absolute Gasteiger partial charge is 0.349 e. The fourth-order valence-corrected chi connectivity index (χ4v) is 2.43. The first-order valence-electron chi connectivity index (χ1n) is 7.96. The Hall–Kier alpha value is -3.33. The van der Waals surface area contributed by atoms with Crippen molar-refractivity contribution in [3.05, 3.63) is 58.4 Å². The zero-order chi connectivity index (χ0) is 19.3. The number of benzene rings is 1. The summed E-state index contributed by atoms with van der Waals surface area (Å²) in [5.41, 5.74) is 2.73. The van der Waals surface area contributed by atoms with Crippen molar-refractivity contribution < 1.29 is 19.1 Å². The Bertz CT molecular complexity index is 899. The molecule has 26 heavy (non-hydrogen) atoms. The summed E-state index contributed by atoms with van der Waals surface area (Å²) in [6.45, 7) is 3.30. The molecule has 134 valence electrons. The second kappa shape index (κ2) is 8.17. The maximum atomic E-state index is 12.3. The number of ketones is 1. The SMILES string of the molecule is COc1ccc(/C=C(\C#N)C(=O)OCC(=O)c2cc(C)n(C)c2C)cc1. The van der Waals surface area contributed by atoms with Gasteiger partial charge in [-0.25, -0.2) is 4.79 Å². The van der Waals surface area contributed by atoms with Gasteiger partial charge in [-0.1, -0.05) is 12.1 Å². The normalized spacial score (nSPS) is 11.0. The van der Waals surface area contributed by atoms with E-state index in [1.165, 1.54) is 6.08 Å². The molecule has 0 aliphatic heterocycles. The lowest BCUT2D eigenvalue weighted by molar-refractivity contribution is -0.137. The standard InChI is InChI=1S/C20H20N2O4/c1-13-9-18(14(2)22(13)3)19(23)12-26-20(24)16(11-21)10-15-5-7-17(25-4)8-6-15/h5-10H,12H2,1-4H3/b16-10+. The molecule has 0 aliphatic rings. The maximum absolute atomic E-state index is 12.3. The number of nitrogens with zero attached hydrogens (tertiary/aromatic N) is 2. The lowest BCUT2D eigenvalue weighted by atomic mass is 10.1. The molecule has 1 aromatic heterocycles. The van der Waals surface area contributed by atoms with Crippen LogP contribution >= 0.6 is 0 Å². The number of esters is 1. The zero-order valence-electron chi connectivity index (χ0n) is 15.2. The van der Waals surface area contributed by atoms with E-state index in [0.717, 1.165) is 11.4 Å². The highest BCUT2D eigenvalue weighted by Crippen LogP contribution is 2.16. The maximum Gasteiger partial charge on any atom is 0.349 e. The van der Waals surface area contributed by atoms with Crippen LogP contribution in [0.1, 0.15) is 27.3 Å². The second-order valence-corrected chi connectivity index (χ2v) is 5.79. The van der Waals surface area contributed by atoms with E-state index >= 15 is 0 Å². The van der Waals surface area contributed by atoms with Gasteiger partial charge in [0.05, 0.1) is 7.11 Å². The van der Waals surface area contributed by atoms with Crippen LogP contribution < -0.4 is 4.74 Å². The van der Waals surface area contributed by atoms with Crippen molar-refractivity contribution in [3.63, 3.8) is 0 Å². The van der Waals surface area contributed by atoms with Gasteiger partial charge in [-0.15, -0.1) is 0 Å². The number of rotatable bonds is 6. The van der Waals surface area contributed by atoms with Crippen molar-refractivity contribution in [2.75, 3.05) is 13.7 Å². The van der Waals surface area contributed by atoms with E-state index in [2.05, 4.69) is 0 Å². The minimum Gasteiger partial charge on any atom is -0.497 e. The summed E-state index contributed by atoms with van der Waals surface area (Å²) < 4.78 is 12.0. The number of carbonyl (C=O) groups is 2. The summed E-state index contributed by atoms with van der Waals surface area (Å²) in [5, 5.41) is 9.19. The lowest BCUT2D eigenvalue weighted by Gasteiger charge is -2.05. The van der Waals surface area contributed by atoms with Crippen LogP contribution in [0.25, 0.3) is 6.08 Å². The molecule has 6 nitrogen and oxygen atoms in total. The largest absolute Gasteiger partial charge is 0.497 e. The van der Waals surface area contributed by atoms with Gasteiger partial charge in [0.1, 0.15) is 17.4 Å². The quantitative estimate of drug-likeness (QED) is 0.345. The monoisotopic (exact) mass is 352 g/mol. The molecule has 0 atom stereocenters. The van der Waals surface area contributed by atoms with Gasteiger partial charge in [0, 0.05) is 24.0 Å². The molecule has 0 N–H and O–H groups in total. The summed E-state index contributed by atoms with van der Waals surface area (Å²) in [5.74, 6) is -0.467. The molecule has 2 aromatic rings. The molecule has 0 saturated carbocycles. The molecule has 0 unspecified atom stereocenters. The fourth-order valence-electron chi connectivity index (χ4n) is 2.43. The highest BCUT2D eigenvalue weighted by molar-refractivity contribution is 6.02. The van der Waals surface area contributed by atoms with E-state index in [4.69, 9.17) is 9.47 Å². The third-order valence-corrected chi connectivity index (χ3v) is 4.18. The minimum absolute atomic E-state index is 0.177. The van der Waals surface area contributed by atoms with Crippen molar-refractivity contribution >= 4 is 17.8 Å². The van der Waals surface area contributed by atoms with Crippen LogP contribution in [0, 0.1) is 25.2 Å². The van der Waals surface area contributed by atoms with Crippen LogP contribution in [0.2, 0.25) is 0 Å². The summed E-state index contributed by atoms with van der Waals surface area (Å²) in [4.78, 5) is 24.4. The van der Waals surface area contributed by atoms with E-state index in [-0.39, 0.29) is 11.4 Å². The van der Waals surface area contributed by atoms with Gasteiger partial charge in [-0.2, -0.15) is 5.26 Å². The average Bonchev–Trinajstić information content (AvgIpc) is 2.91. The van der Waals surface area contributed by atoms with Crippen molar-refractivity contribution in [3.8, 4) is 11.8 Å². The molecule has 0 saturated heterocycles. The first-order chi connectivity index (χ1) is 12.4.